The first kappa shape index (κ1) is 17.9. The molecule has 3 aromatic rings. The van der Waals surface area contributed by atoms with Crippen LogP contribution in [0, 0.1) is 0 Å². The molecule has 0 aliphatic rings. The number of anilines is 1. The van der Waals surface area contributed by atoms with E-state index in [1.165, 1.54) is 5.69 Å². The Labute approximate surface area is 154 Å². The van der Waals surface area contributed by atoms with Gasteiger partial charge in [0.25, 0.3) is 5.56 Å². The summed E-state index contributed by atoms with van der Waals surface area (Å²) in [6.45, 7) is 6.54. The maximum atomic E-state index is 12.2. The predicted molar refractivity (Wildman–Crippen MR) is 111 cm³/mol. The highest BCUT2D eigenvalue weighted by molar-refractivity contribution is 5.76. The molecular formula is C22H25N3O. The Kier molecular flexibility index (Phi) is 5.84. The zero-order valence-electron chi connectivity index (χ0n) is 15.4. The van der Waals surface area contributed by atoms with Gasteiger partial charge in [-0.15, -0.1) is 0 Å². The number of para-hydroxylation sites is 2. The van der Waals surface area contributed by atoms with Gasteiger partial charge in [-0.1, -0.05) is 44.2 Å². The van der Waals surface area contributed by atoms with E-state index in [0.29, 0.717) is 5.69 Å². The van der Waals surface area contributed by atoms with Crippen LogP contribution in [0.15, 0.2) is 53.3 Å². The number of rotatable bonds is 7. The second-order valence-electron chi connectivity index (χ2n) is 6.38. The molecule has 1 heterocycles. The van der Waals surface area contributed by atoms with Crippen LogP contribution in [-0.2, 0) is 0 Å². The largest absolute Gasteiger partial charge is 0.372 e. The van der Waals surface area contributed by atoms with Crippen LogP contribution in [0.1, 0.15) is 37.9 Å². The molecule has 0 aliphatic carbocycles. The van der Waals surface area contributed by atoms with Crippen molar-refractivity contribution in [1.82, 2.24) is 9.97 Å². The maximum Gasteiger partial charge on any atom is 0.274 e. The molecule has 0 amide bonds. The molecule has 3 rings (SSSR count). The van der Waals surface area contributed by atoms with E-state index in [9.17, 15) is 4.79 Å². The van der Waals surface area contributed by atoms with E-state index in [4.69, 9.17) is 0 Å². The van der Waals surface area contributed by atoms with Crippen molar-refractivity contribution in [3.63, 3.8) is 0 Å². The van der Waals surface area contributed by atoms with Crippen LogP contribution in [-0.4, -0.2) is 23.1 Å². The number of nitrogens with zero attached hydrogens (tertiary/aromatic N) is 2. The molecule has 4 heteroatoms. The minimum absolute atomic E-state index is 0.173. The van der Waals surface area contributed by atoms with Gasteiger partial charge < -0.3 is 9.88 Å². The second-order valence-corrected chi connectivity index (χ2v) is 6.38. The van der Waals surface area contributed by atoms with E-state index in [1.807, 2.05) is 30.3 Å². The SMILES string of the molecule is CCCN(CCC)c1ccc(/C=C/c2nc3ccccc3[nH]c2=O)cc1. The van der Waals surface area contributed by atoms with Crippen molar-refractivity contribution in [2.45, 2.75) is 26.7 Å². The Bertz CT molecular complexity index is 936. The summed E-state index contributed by atoms with van der Waals surface area (Å²) in [5.41, 5.74) is 4.09. The first-order valence-corrected chi connectivity index (χ1v) is 9.23. The highest BCUT2D eigenvalue weighted by atomic mass is 16.1. The molecule has 2 aromatic carbocycles. The van der Waals surface area contributed by atoms with Gasteiger partial charge in [-0.2, -0.15) is 0 Å². The molecule has 0 fully saturated rings. The first-order valence-electron chi connectivity index (χ1n) is 9.23. The average molecular weight is 347 g/mol. The van der Waals surface area contributed by atoms with Crippen LogP contribution in [0.3, 0.4) is 0 Å². The van der Waals surface area contributed by atoms with Gasteiger partial charge >= 0.3 is 0 Å². The summed E-state index contributed by atoms with van der Waals surface area (Å²) in [6, 6.07) is 16.0. The summed E-state index contributed by atoms with van der Waals surface area (Å²) >= 11 is 0. The predicted octanol–water partition coefficient (Wildman–Crippen LogP) is 4.72. The molecule has 1 N–H and O–H groups in total. The minimum atomic E-state index is -0.173. The van der Waals surface area contributed by atoms with Crippen molar-refractivity contribution < 1.29 is 0 Å². The standard InChI is InChI=1S/C22H25N3O/c1-3-15-25(16-4-2)18-12-9-17(10-13-18)11-14-21-22(26)24-20-8-6-5-7-19(20)23-21/h5-14H,3-4,15-16H2,1-2H3,(H,24,26)/b14-11+. The van der Waals surface area contributed by atoms with Gasteiger partial charge in [0, 0.05) is 18.8 Å². The Hall–Kier alpha value is -2.88. The normalized spacial score (nSPS) is 11.3. The highest BCUT2D eigenvalue weighted by Gasteiger charge is 2.04. The fraction of sp³-hybridized carbons (Fsp3) is 0.273. The molecule has 0 spiro atoms. The van der Waals surface area contributed by atoms with Crippen LogP contribution in [0.5, 0.6) is 0 Å². The van der Waals surface area contributed by atoms with Gasteiger partial charge in [0.15, 0.2) is 0 Å². The molecule has 134 valence electrons. The smallest absolute Gasteiger partial charge is 0.274 e. The van der Waals surface area contributed by atoms with Crippen LogP contribution < -0.4 is 10.5 Å². The summed E-state index contributed by atoms with van der Waals surface area (Å²) in [7, 11) is 0. The number of hydrogen-bond donors (Lipinski definition) is 1. The molecule has 0 saturated heterocycles. The van der Waals surface area contributed by atoms with Gasteiger partial charge in [0.1, 0.15) is 5.69 Å². The quantitative estimate of drug-likeness (QED) is 0.673. The summed E-state index contributed by atoms with van der Waals surface area (Å²) in [6.07, 6.45) is 5.98. The third kappa shape index (κ3) is 4.20. The van der Waals surface area contributed by atoms with Crippen LogP contribution >= 0.6 is 0 Å². The molecule has 26 heavy (non-hydrogen) atoms. The van der Waals surface area contributed by atoms with Crippen molar-refractivity contribution in [2.24, 2.45) is 0 Å². The third-order valence-corrected chi connectivity index (χ3v) is 4.30. The monoisotopic (exact) mass is 347 g/mol. The number of nitrogens with one attached hydrogen (secondary N) is 1. The van der Waals surface area contributed by atoms with Crippen molar-refractivity contribution in [3.05, 3.63) is 70.1 Å². The molecule has 1 aromatic heterocycles. The van der Waals surface area contributed by atoms with Crippen LogP contribution in [0.25, 0.3) is 23.2 Å². The van der Waals surface area contributed by atoms with Crippen LogP contribution in [0.2, 0.25) is 0 Å². The number of fused-ring (bicyclic) bond motifs is 1. The average Bonchev–Trinajstić information content (AvgIpc) is 2.66. The lowest BCUT2D eigenvalue weighted by Gasteiger charge is -2.23. The van der Waals surface area contributed by atoms with Crippen LogP contribution in [0.4, 0.5) is 5.69 Å². The summed E-state index contributed by atoms with van der Waals surface area (Å²) < 4.78 is 0. The third-order valence-electron chi connectivity index (χ3n) is 4.30. The fourth-order valence-electron chi connectivity index (χ4n) is 3.04. The van der Waals surface area contributed by atoms with E-state index in [2.05, 4.69) is 53.0 Å². The van der Waals surface area contributed by atoms with Gasteiger partial charge in [-0.05, 0) is 48.7 Å². The van der Waals surface area contributed by atoms with E-state index in [1.54, 1.807) is 6.08 Å². The summed E-state index contributed by atoms with van der Waals surface area (Å²) in [4.78, 5) is 21.9. The number of aromatic nitrogens is 2. The summed E-state index contributed by atoms with van der Waals surface area (Å²) in [5, 5.41) is 0. The van der Waals surface area contributed by atoms with Crippen molar-refractivity contribution in [1.29, 1.82) is 0 Å². The van der Waals surface area contributed by atoms with E-state index < -0.39 is 0 Å². The first-order chi connectivity index (χ1) is 12.7. The topological polar surface area (TPSA) is 49.0 Å². The number of benzene rings is 2. The molecule has 0 aliphatic heterocycles. The van der Waals surface area contributed by atoms with Gasteiger partial charge in [-0.25, -0.2) is 4.98 Å². The summed E-state index contributed by atoms with van der Waals surface area (Å²) in [5.74, 6) is 0. The zero-order valence-corrected chi connectivity index (χ0v) is 15.4. The Morgan fingerprint density at radius 3 is 2.35 bits per heavy atom. The lowest BCUT2D eigenvalue weighted by Crippen LogP contribution is -2.24. The van der Waals surface area contributed by atoms with Crippen molar-refractivity contribution in [2.75, 3.05) is 18.0 Å². The van der Waals surface area contributed by atoms with Gasteiger partial charge in [0.2, 0.25) is 0 Å². The molecule has 4 nitrogen and oxygen atoms in total. The fourth-order valence-corrected chi connectivity index (χ4v) is 3.04. The molecular weight excluding hydrogens is 322 g/mol. The Morgan fingerprint density at radius 1 is 0.962 bits per heavy atom. The lowest BCUT2D eigenvalue weighted by molar-refractivity contribution is 0.745. The second kappa shape index (κ2) is 8.48. The van der Waals surface area contributed by atoms with Gasteiger partial charge in [0.05, 0.1) is 11.0 Å². The van der Waals surface area contributed by atoms with Crippen molar-refractivity contribution >= 4 is 28.9 Å². The Balaban J connectivity index is 1.80. The highest BCUT2D eigenvalue weighted by Crippen LogP contribution is 2.17. The maximum absolute atomic E-state index is 12.2. The van der Waals surface area contributed by atoms with E-state index in [-0.39, 0.29) is 5.56 Å². The Morgan fingerprint density at radius 2 is 1.65 bits per heavy atom. The lowest BCUT2D eigenvalue weighted by atomic mass is 10.1. The zero-order chi connectivity index (χ0) is 18.4. The van der Waals surface area contributed by atoms with E-state index >= 15 is 0 Å². The molecule has 0 unspecified atom stereocenters. The molecule has 0 radical (unpaired) electrons. The number of aromatic amines is 1. The number of hydrogen-bond acceptors (Lipinski definition) is 3. The molecule has 0 saturated carbocycles. The van der Waals surface area contributed by atoms with Gasteiger partial charge in [-0.3, -0.25) is 4.79 Å². The number of H-pyrrole nitrogens is 1. The van der Waals surface area contributed by atoms with Crippen molar-refractivity contribution in [3.8, 4) is 0 Å². The molecule has 0 atom stereocenters. The van der Waals surface area contributed by atoms with E-state index in [0.717, 1.165) is 42.5 Å². The molecule has 0 bridgehead atoms. The minimum Gasteiger partial charge on any atom is -0.372 e.